The maximum Gasteiger partial charge on any atom is 0.137 e. The summed E-state index contributed by atoms with van der Waals surface area (Å²) in [5, 5.41) is 20.3. The van der Waals surface area contributed by atoms with Gasteiger partial charge in [-0.2, -0.15) is 5.26 Å². The molecular weight excluding hydrogens is 333 g/mol. The van der Waals surface area contributed by atoms with Gasteiger partial charge >= 0.3 is 0 Å². The molecule has 1 atom stereocenters. The zero-order valence-corrected chi connectivity index (χ0v) is 12.8. The molecule has 1 N–H and O–H groups in total. The van der Waals surface area contributed by atoms with Crippen LogP contribution in [0, 0.1) is 22.6 Å². The monoisotopic (exact) mass is 345 g/mol. The maximum absolute atomic E-state index is 13.3. The van der Waals surface area contributed by atoms with Crippen molar-refractivity contribution in [2.45, 2.75) is 18.9 Å². The average molecular weight is 346 g/mol. The zero-order chi connectivity index (χ0) is 15.0. The molecule has 1 aliphatic carbocycles. The number of hydrogen-bond acceptors (Lipinski definition) is 2. The SMILES string of the molecule is N#CC1(C(O)c2ccc(F)c(Br)c2)Cc2ccccc2C1. The van der Waals surface area contributed by atoms with Crippen molar-refractivity contribution in [2.75, 3.05) is 0 Å². The lowest BCUT2D eigenvalue weighted by Crippen LogP contribution is -2.28. The Hall–Kier alpha value is -1.70. The predicted octanol–water partition coefficient (Wildman–Crippen LogP) is 3.93. The molecule has 0 spiro atoms. The van der Waals surface area contributed by atoms with Gasteiger partial charge in [0.2, 0.25) is 0 Å². The van der Waals surface area contributed by atoms with Gasteiger partial charge in [-0.15, -0.1) is 0 Å². The van der Waals surface area contributed by atoms with E-state index in [-0.39, 0.29) is 5.82 Å². The van der Waals surface area contributed by atoms with Crippen LogP contribution in [-0.2, 0) is 12.8 Å². The minimum absolute atomic E-state index is 0.294. The summed E-state index contributed by atoms with van der Waals surface area (Å²) < 4.78 is 13.6. The minimum atomic E-state index is -0.952. The van der Waals surface area contributed by atoms with Crippen LogP contribution in [0.3, 0.4) is 0 Å². The highest BCUT2D eigenvalue weighted by atomic mass is 79.9. The van der Waals surface area contributed by atoms with E-state index in [1.807, 2.05) is 24.3 Å². The van der Waals surface area contributed by atoms with Gasteiger partial charge in [-0.1, -0.05) is 30.3 Å². The number of rotatable bonds is 2. The third-order valence-electron chi connectivity index (χ3n) is 4.14. The molecule has 3 rings (SSSR count). The van der Waals surface area contributed by atoms with Crippen LogP contribution in [0.5, 0.6) is 0 Å². The summed E-state index contributed by atoms with van der Waals surface area (Å²) in [6, 6.07) is 14.5. The van der Waals surface area contributed by atoms with Gasteiger partial charge in [0.15, 0.2) is 0 Å². The molecule has 0 saturated carbocycles. The molecule has 21 heavy (non-hydrogen) atoms. The number of halogens is 2. The fourth-order valence-corrected chi connectivity index (χ4v) is 3.38. The van der Waals surface area contributed by atoms with E-state index in [1.165, 1.54) is 12.1 Å². The third kappa shape index (κ3) is 2.37. The number of hydrogen-bond donors (Lipinski definition) is 1. The van der Waals surface area contributed by atoms with Crippen molar-refractivity contribution < 1.29 is 9.50 Å². The summed E-state index contributed by atoms with van der Waals surface area (Å²) in [6.07, 6.45) is 0.0675. The summed E-state index contributed by atoms with van der Waals surface area (Å²) in [5.74, 6) is -0.383. The fourth-order valence-electron chi connectivity index (χ4n) is 2.98. The lowest BCUT2D eigenvalue weighted by Gasteiger charge is -2.27. The van der Waals surface area contributed by atoms with E-state index in [2.05, 4.69) is 22.0 Å². The van der Waals surface area contributed by atoms with Crippen LogP contribution in [0.2, 0.25) is 0 Å². The maximum atomic E-state index is 13.3. The second-order valence-corrected chi connectivity index (χ2v) is 6.32. The molecule has 4 heteroatoms. The standard InChI is InChI=1S/C17H13BrFNO/c18-14-7-11(5-6-15(14)19)16(21)17(10-20)8-12-3-1-2-4-13(12)9-17/h1-7,16,21H,8-9H2. The fraction of sp³-hybridized carbons (Fsp3) is 0.235. The first kappa shape index (κ1) is 14.2. The first-order valence-electron chi connectivity index (χ1n) is 6.67. The summed E-state index contributed by atoms with van der Waals surface area (Å²) in [6.45, 7) is 0. The normalized spacial score (nSPS) is 17.0. The summed E-state index contributed by atoms with van der Waals surface area (Å²) in [5.41, 5.74) is 1.86. The molecule has 106 valence electrons. The van der Waals surface area contributed by atoms with E-state index >= 15 is 0 Å². The smallest absolute Gasteiger partial charge is 0.137 e. The van der Waals surface area contributed by atoms with E-state index < -0.39 is 11.5 Å². The van der Waals surface area contributed by atoms with Gasteiger partial charge in [0.05, 0.1) is 22.1 Å². The summed E-state index contributed by atoms with van der Waals surface area (Å²) in [4.78, 5) is 0. The van der Waals surface area contributed by atoms with Crippen molar-refractivity contribution >= 4 is 15.9 Å². The third-order valence-corrected chi connectivity index (χ3v) is 4.74. The predicted molar refractivity (Wildman–Crippen MR) is 81.0 cm³/mol. The Morgan fingerprint density at radius 2 is 1.81 bits per heavy atom. The van der Waals surface area contributed by atoms with Gasteiger partial charge in [-0.05, 0) is 57.6 Å². The molecule has 0 aliphatic heterocycles. The molecule has 0 aromatic heterocycles. The van der Waals surface area contributed by atoms with Crippen LogP contribution in [0.25, 0.3) is 0 Å². The molecule has 2 nitrogen and oxygen atoms in total. The van der Waals surface area contributed by atoms with E-state index in [0.717, 1.165) is 11.1 Å². The van der Waals surface area contributed by atoms with Crippen molar-refractivity contribution in [1.82, 2.24) is 0 Å². The lowest BCUT2D eigenvalue weighted by atomic mass is 9.77. The lowest BCUT2D eigenvalue weighted by molar-refractivity contribution is 0.0692. The highest BCUT2D eigenvalue weighted by Crippen LogP contribution is 2.45. The number of nitriles is 1. The van der Waals surface area contributed by atoms with E-state index in [0.29, 0.717) is 22.9 Å². The summed E-state index contributed by atoms with van der Waals surface area (Å²) >= 11 is 3.12. The minimum Gasteiger partial charge on any atom is -0.387 e. The highest BCUT2D eigenvalue weighted by Gasteiger charge is 2.44. The Balaban J connectivity index is 1.98. The first-order chi connectivity index (χ1) is 10.1. The molecular formula is C17H13BrFNO. The second-order valence-electron chi connectivity index (χ2n) is 5.47. The molecule has 1 unspecified atom stereocenters. The molecule has 0 radical (unpaired) electrons. The van der Waals surface area contributed by atoms with E-state index in [1.54, 1.807) is 6.07 Å². The van der Waals surface area contributed by atoms with Crippen LogP contribution in [0.4, 0.5) is 4.39 Å². The van der Waals surface area contributed by atoms with Gasteiger partial charge in [-0.25, -0.2) is 4.39 Å². The van der Waals surface area contributed by atoms with Crippen LogP contribution in [0.1, 0.15) is 22.8 Å². The Morgan fingerprint density at radius 3 is 2.33 bits per heavy atom. The van der Waals surface area contributed by atoms with Gasteiger partial charge in [-0.3, -0.25) is 0 Å². The Kier molecular flexibility index (Phi) is 3.56. The van der Waals surface area contributed by atoms with Crippen molar-refractivity contribution in [2.24, 2.45) is 5.41 Å². The number of aliphatic hydroxyl groups excluding tert-OH is 1. The Labute approximate surface area is 131 Å². The second kappa shape index (κ2) is 5.25. The Morgan fingerprint density at radius 1 is 1.19 bits per heavy atom. The summed E-state index contributed by atoms with van der Waals surface area (Å²) in [7, 11) is 0. The molecule has 0 bridgehead atoms. The molecule has 2 aromatic rings. The van der Waals surface area contributed by atoms with Gasteiger partial charge in [0.1, 0.15) is 5.82 Å². The van der Waals surface area contributed by atoms with Crippen LogP contribution < -0.4 is 0 Å². The molecule has 0 heterocycles. The molecule has 1 aliphatic rings. The van der Waals surface area contributed by atoms with Gasteiger partial charge in [0, 0.05) is 0 Å². The van der Waals surface area contributed by atoms with Crippen molar-refractivity contribution in [3.8, 4) is 6.07 Å². The first-order valence-corrected chi connectivity index (χ1v) is 7.46. The van der Waals surface area contributed by atoms with Gasteiger partial charge in [0.25, 0.3) is 0 Å². The van der Waals surface area contributed by atoms with Gasteiger partial charge < -0.3 is 5.11 Å². The van der Waals surface area contributed by atoms with Crippen LogP contribution >= 0.6 is 15.9 Å². The Bertz CT molecular complexity index is 713. The topological polar surface area (TPSA) is 44.0 Å². The van der Waals surface area contributed by atoms with E-state index in [9.17, 15) is 14.8 Å². The number of fused-ring (bicyclic) bond motifs is 1. The van der Waals surface area contributed by atoms with Crippen molar-refractivity contribution in [3.05, 3.63) is 69.4 Å². The number of aliphatic hydroxyl groups is 1. The zero-order valence-electron chi connectivity index (χ0n) is 11.2. The largest absolute Gasteiger partial charge is 0.387 e. The van der Waals surface area contributed by atoms with Crippen LogP contribution in [-0.4, -0.2) is 5.11 Å². The number of benzene rings is 2. The molecule has 0 saturated heterocycles. The highest BCUT2D eigenvalue weighted by molar-refractivity contribution is 9.10. The molecule has 0 amide bonds. The van der Waals surface area contributed by atoms with Crippen LogP contribution in [0.15, 0.2) is 46.9 Å². The molecule has 2 aromatic carbocycles. The van der Waals surface area contributed by atoms with Crippen molar-refractivity contribution in [1.29, 1.82) is 5.26 Å². The van der Waals surface area contributed by atoms with Crippen molar-refractivity contribution in [3.63, 3.8) is 0 Å². The number of nitrogens with zero attached hydrogens (tertiary/aromatic N) is 1. The quantitative estimate of drug-likeness (QED) is 0.896. The molecule has 0 fully saturated rings. The van der Waals surface area contributed by atoms with E-state index in [4.69, 9.17) is 0 Å². The average Bonchev–Trinajstić information content (AvgIpc) is 2.89.